The zero-order valence-electron chi connectivity index (χ0n) is 11.9. The molecule has 0 fully saturated rings. The monoisotopic (exact) mass is 255 g/mol. The van der Waals surface area contributed by atoms with E-state index in [2.05, 4.69) is 60.3 Å². The summed E-state index contributed by atoms with van der Waals surface area (Å²) in [6.07, 6.45) is 1.97. The van der Waals surface area contributed by atoms with Crippen LogP contribution < -0.4 is 5.32 Å². The topological polar surface area (TPSA) is 37.8 Å². The fourth-order valence-corrected chi connectivity index (χ4v) is 2.10. The molecular formula is C16H21N3. The third kappa shape index (κ3) is 3.31. The van der Waals surface area contributed by atoms with Gasteiger partial charge in [-0.15, -0.1) is 0 Å². The molecule has 2 aromatic rings. The quantitative estimate of drug-likeness (QED) is 0.882. The average Bonchev–Trinajstić information content (AvgIpc) is 2.40. The summed E-state index contributed by atoms with van der Waals surface area (Å²) in [4.78, 5) is 9.23. The van der Waals surface area contributed by atoms with E-state index < -0.39 is 0 Å². The molecule has 0 amide bonds. The van der Waals surface area contributed by atoms with Gasteiger partial charge in [-0.2, -0.15) is 0 Å². The van der Waals surface area contributed by atoms with Crippen molar-refractivity contribution in [2.75, 3.05) is 11.9 Å². The lowest BCUT2D eigenvalue weighted by molar-refractivity contribution is 0.836. The number of aromatic nitrogens is 2. The molecule has 0 unspecified atom stereocenters. The molecule has 1 aromatic heterocycles. The number of rotatable bonds is 5. The van der Waals surface area contributed by atoms with Gasteiger partial charge in [0.25, 0.3) is 0 Å². The Morgan fingerprint density at radius 3 is 2.58 bits per heavy atom. The van der Waals surface area contributed by atoms with Gasteiger partial charge in [0.1, 0.15) is 11.6 Å². The number of nitrogens with one attached hydrogen (secondary N) is 1. The second-order valence-corrected chi connectivity index (χ2v) is 4.65. The van der Waals surface area contributed by atoms with E-state index in [0.717, 1.165) is 36.7 Å². The van der Waals surface area contributed by atoms with Gasteiger partial charge in [-0.05, 0) is 25.8 Å². The number of hydrogen-bond acceptors (Lipinski definition) is 3. The molecule has 1 aromatic carbocycles. The van der Waals surface area contributed by atoms with Crippen molar-refractivity contribution in [2.45, 2.75) is 33.6 Å². The van der Waals surface area contributed by atoms with Gasteiger partial charge in [0.05, 0.1) is 5.69 Å². The lowest BCUT2D eigenvalue weighted by atomic mass is 10.1. The maximum atomic E-state index is 4.69. The van der Waals surface area contributed by atoms with Gasteiger partial charge in [0, 0.05) is 24.6 Å². The summed E-state index contributed by atoms with van der Waals surface area (Å²) in [5.74, 6) is 1.83. The molecule has 3 nitrogen and oxygen atoms in total. The Morgan fingerprint density at radius 2 is 1.89 bits per heavy atom. The minimum Gasteiger partial charge on any atom is -0.370 e. The molecule has 0 saturated heterocycles. The van der Waals surface area contributed by atoms with Crippen LogP contribution in [-0.2, 0) is 6.42 Å². The van der Waals surface area contributed by atoms with Crippen LogP contribution in [0.1, 0.15) is 31.7 Å². The smallest absolute Gasteiger partial charge is 0.131 e. The van der Waals surface area contributed by atoms with Crippen molar-refractivity contribution < 1.29 is 0 Å². The number of benzene rings is 1. The van der Waals surface area contributed by atoms with Crippen LogP contribution in [0.5, 0.6) is 0 Å². The van der Waals surface area contributed by atoms with Crippen molar-refractivity contribution in [2.24, 2.45) is 0 Å². The molecule has 1 N–H and O–H groups in total. The highest BCUT2D eigenvalue weighted by molar-refractivity contribution is 5.65. The number of aryl methyl sites for hydroxylation is 2. The Bertz CT molecular complexity index is 525. The summed E-state index contributed by atoms with van der Waals surface area (Å²) in [7, 11) is 0. The highest BCUT2D eigenvalue weighted by Gasteiger charge is 2.07. The fraction of sp³-hybridized carbons (Fsp3) is 0.375. The van der Waals surface area contributed by atoms with E-state index in [-0.39, 0.29) is 0 Å². The molecule has 19 heavy (non-hydrogen) atoms. The molecule has 0 aliphatic heterocycles. The molecule has 0 radical (unpaired) electrons. The molecule has 0 atom stereocenters. The third-order valence-corrected chi connectivity index (χ3v) is 3.02. The van der Waals surface area contributed by atoms with Gasteiger partial charge in [0.15, 0.2) is 0 Å². The molecular weight excluding hydrogens is 234 g/mol. The van der Waals surface area contributed by atoms with E-state index in [1.807, 2.05) is 6.07 Å². The summed E-state index contributed by atoms with van der Waals surface area (Å²) >= 11 is 0. The largest absolute Gasteiger partial charge is 0.370 e. The Labute approximate surface area is 115 Å². The van der Waals surface area contributed by atoms with Gasteiger partial charge < -0.3 is 5.32 Å². The van der Waals surface area contributed by atoms with Crippen LogP contribution >= 0.6 is 0 Å². The highest BCUT2D eigenvalue weighted by Crippen LogP contribution is 2.23. The van der Waals surface area contributed by atoms with Crippen LogP contribution in [0.25, 0.3) is 11.3 Å². The molecule has 3 heteroatoms. The minimum atomic E-state index is 0.871. The standard InChI is InChI=1S/C16H21N3/c1-4-8-15-18-14(11-16(19-15)17-5-2)13-10-7-6-9-12(13)3/h6-7,9-11H,4-5,8H2,1-3H3,(H,17,18,19). The first-order chi connectivity index (χ1) is 9.24. The maximum Gasteiger partial charge on any atom is 0.131 e. The van der Waals surface area contributed by atoms with Crippen LogP contribution in [-0.4, -0.2) is 16.5 Å². The number of hydrogen-bond donors (Lipinski definition) is 1. The maximum absolute atomic E-state index is 4.69. The Kier molecular flexibility index (Phi) is 4.50. The van der Waals surface area contributed by atoms with E-state index in [1.165, 1.54) is 11.1 Å². The molecule has 100 valence electrons. The lowest BCUT2D eigenvalue weighted by Crippen LogP contribution is -2.05. The summed E-state index contributed by atoms with van der Waals surface area (Å²) in [6.45, 7) is 7.21. The van der Waals surface area contributed by atoms with E-state index in [0.29, 0.717) is 0 Å². The fourth-order valence-electron chi connectivity index (χ4n) is 2.10. The van der Waals surface area contributed by atoms with Gasteiger partial charge in [0.2, 0.25) is 0 Å². The van der Waals surface area contributed by atoms with Crippen LogP contribution in [0, 0.1) is 6.92 Å². The second-order valence-electron chi connectivity index (χ2n) is 4.65. The van der Waals surface area contributed by atoms with Crippen molar-refractivity contribution >= 4 is 5.82 Å². The summed E-state index contributed by atoms with van der Waals surface area (Å²) in [5.41, 5.74) is 3.43. The van der Waals surface area contributed by atoms with E-state index in [4.69, 9.17) is 0 Å². The molecule has 2 rings (SSSR count). The van der Waals surface area contributed by atoms with Crippen LogP contribution in [0.3, 0.4) is 0 Å². The van der Waals surface area contributed by atoms with Crippen molar-refractivity contribution in [1.29, 1.82) is 0 Å². The first-order valence-corrected chi connectivity index (χ1v) is 6.92. The molecule has 0 aliphatic carbocycles. The SMILES string of the molecule is CCCc1nc(NCC)cc(-c2ccccc2C)n1. The summed E-state index contributed by atoms with van der Waals surface area (Å²) < 4.78 is 0. The van der Waals surface area contributed by atoms with Crippen molar-refractivity contribution in [3.63, 3.8) is 0 Å². The van der Waals surface area contributed by atoms with E-state index >= 15 is 0 Å². The van der Waals surface area contributed by atoms with Crippen LogP contribution in [0.4, 0.5) is 5.82 Å². The zero-order chi connectivity index (χ0) is 13.7. The Morgan fingerprint density at radius 1 is 1.11 bits per heavy atom. The Hall–Kier alpha value is -1.90. The van der Waals surface area contributed by atoms with Crippen LogP contribution in [0.2, 0.25) is 0 Å². The predicted molar refractivity (Wildman–Crippen MR) is 80.4 cm³/mol. The lowest BCUT2D eigenvalue weighted by Gasteiger charge is -2.10. The second kappa shape index (κ2) is 6.32. The zero-order valence-corrected chi connectivity index (χ0v) is 11.9. The highest BCUT2D eigenvalue weighted by atomic mass is 15.0. The van der Waals surface area contributed by atoms with Gasteiger partial charge in [-0.3, -0.25) is 0 Å². The van der Waals surface area contributed by atoms with E-state index in [9.17, 15) is 0 Å². The number of anilines is 1. The van der Waals surface area contributed by atoms with Gasteiger partial charge >= 0.3 is 0 Å². The molecule has 0 spiro atoms. The molecule has 0 aliphatic rings. The molecule has 0 bridgehead atoms. The first kappa shape index (κ1) is 13.5. The third-order valence-electron chi connectivity index (χ3n) is 3.02. The average molecular weight is 255 g/mol. The number of nitrogens with zero attached hydrogens (tertiary/aromatic N) is 2. The minimum absolute atomic E-state index is 0.871. The van der Waals surface area contributed by atoms with E-state index in [1.54, 1.807) is 0 Å². The van der Waals surface area contributed by atoms with Gasteiger partial charge in [-0.25, -0.2) is 9.97 Å². The predicted octanol–water partition coefficient (Wildman–Crippen LogP) is 3.84. The normalized spacial score (nSPS) is 10.5. The summed E-state index contributed by atoms with van der Waals surface area (Å²) in [6, 6.07) is 10.4. The van der Waals surface area contributed by atoms with Crippen molar-refractivity contribution in [3.8, 4) is 11.3 Å². The van der Waals surface area contributed by atoms with Gasteiger partial charge in [-0.1, -0.05) is 31.2 Å². The first-order valence-electron chi connectivity index (χ1n) is 6.92. The van der Waals surface area contributed by atoms with Crippen molar-refractivity contribution in [3.05, 3.63) is 41.7 Å². The summed E-state index contributed by atoms with van der Waals surface area (Å²) in [5, 5.41) is 3.28. The molecule has 1 heterocycles. The Balaban J connectivity index is 2.46. The van der Waals surface area contributed by atoms with Crippen molar-refractivity contribution in [1.82, 2.24) is 9.97 Å². The molecule has 0 saturated carbocycles. The van der Waals surface area contributed by atoms with Crippen LogP contribution in [0.15, 0.2) is 30.3 Å².